The maximum Gasteiger partial charge on any atom is 0.323 e. The Labute approximate surface area is 489 Å². The first-order valence-corrected chi connectivity index (χ1v) is 29.2. The highest BCUT2D eigenvalue weighted by molar-refractivity contribution is 6.11. The van der Waals surface area contributed by atoms with Gasteiger partial charge in [0.2, 0.25) is 5.91 Å². The average molecular weight is 1120 g/mol. The summed E-state index contributed by atoms with van der Waals surface area (Å²) in [4.78, 5) is 53.3. The van der Waals surface area contributed by atoms with Crippen LogP contribution in [-0.4, -0.2) is 78.1 Å². The van der Waals surface area contributed by atoms with Crippen molar-refractivity contribution in [1.29, 1.82) is 0 Å². The van der Waals surface area contributed by atoms with Gasteiger partial charge in [0.05, 0.1) is 54.0 Å². The number of fused-ring (bicyclic) bond motifs is 2. The number of anilines is 5. The van der Waals surface area contributed by atoms with Crippen LogP contribution in [0.2, 0.25) is 0 Å². The van der Waals surface area contributed by atoms with Gasteiger partial charge in [0.15, 0.2) is 5.75 Å². The monoisotopic (exact) mass is 1120 g/mol. The van der Waals surface area contributed by atoms with Gasteiger partial charge in [-0.1, -0.05) is 140 Å². The largest absolute Gasteiger partial charge is 0.495 e. The van der Waals surface area contributed by atoms with Crippen LogP contribution in [-0.2, 0) is 28.7 Å². The molecule has 0 aliphatic carbocycles. The highest BCUT2D eigenvalue weighted by atomic mass is 16.5. The molecule has 14 heteroatoms. The molecule has 0 spiro atoms. The van der Waals surface area contributed by atoms with E-state index in [0.29, 0.717) is 40.7 Å². The van der Waals surface area contributed by atoms with Crippen molar-refractivity contribution in [1.82, 2.24) is 19.8 Å². The first-order valence-electron chi connectivity index (χ1n) is 29.2. The van der Waals surface area contributed by atoms with Crippen LogP contribution in [0, 0.1) is 0 Å². The minimum atomic E-state index is -0.413. The Morgan fingerprint density at radius 1 is 0.470 bits per heavy atom. The Morgan fingerprint density at radius 3 is 1.33 bits per heavy atom. The van der Waals surface area contributed by atoms with E-state index in [9.17, 15) is 14.4 Å². The van der Waals surface area contributed by atoms with E-state index in [4.69, 9.17) is 19.4 Å². The standard InChI is InChI=1S/C36H43N5O3.C33H38N4O2/c1-6-33(42)38-31-20-25(36(2,3)4)21-32(34(31)44-5)40-35(43)39-30-17-16-27(28-12-8-9-13-29(28)30)24-14-15-26(37-22-24)23-41-18-10-7-11-19-41;1-33(2,3)24-13-17-31(39-4)30(20-24)36-32(38)35-29-16-15-26(27-10-6-7-11-28(27)29)23-12-14-25(34-21-23)22-37-18-8-5-9-19-37/h8-9,12-17,20-22H,6-7,10-11,18-19,23H2,1-5H3,(H,38,42)(H2,39,40,43);6-7,10-17,20-21H,5,8-9,18-19,22H2,1-4H3,(H2,35,36,38). The minimum absolute atomic E-state index is 0.0498. The lowest BCUT2D eigenvalue weighted by molar-refractivity contribution is -0.115. The number of nitrogens with zero attached hydrogens (tertiary/aromatic N) is 4. The number of likely N-dealkylation sites (tertiary alicyclic amines) is 2. The number of urea groups is 2. The molecule has 14 nitrogen and oxygen atoms in total. The summed E-state index contributed by atoms with van der Waals surface area (Å²) in [6, 6.07) is 41.7. The Balaban J connectivity index is 0.000000201. The summed E-state index contributed by atoms with van der Waals surface area (Å²) in [6.07, 6.45) is 12.0. The van der Waals surface area contributed by atoms with E-state index in [2.05, 4.69) is 120 Å². The third-order valence-corrected chi connectivity index (χ3v) is 15.6. The predicted molar refractivity (Wildman–Crippen MR) is 340 cm³/mol. The van der Waals surface area contributed by atoms with Gasteiger partial charge in [0.1, 0.15) is 5.75 Å². The van der Waals surface area contributed by atoms with Gasteiger partial charge >= 0.3 is 12.1 Å². The van der Waals surface area contributed by atoms with Crippen molar-refractivity contribution < 1.29 is 23.9 Å². The number of hydrogen-bond donors (Lipinski definition) is 5. The molecular weight excluding hydrogens is 1030 g/mol. The molecule has 5 N–H and O–H groups in total. The van der Waals surface area contributed by atoms with Gasteiger partial charge in [-0.15, -0.1) is 0 Å². The molecule has 0 radical (unpaired) electrons. The average Bonchev–Trinajstić information content (AvgIpc) is 3.22. The van der Waals surface area contributed by atoms with Gasteiger partial charge < -0.3 is 36.1 Å². The zero-order chi connectivity index (χ0) is 58.7. The lowest BCUT2D eigenvalue weighted by Crippen LogP contribution is -2.29. The van der Waals surface area contributed by atoms with Gasteiger partial charge in [-0.25, -0.2) is 9.59 Å². The van der Waals surface area contributed by atoms with Crippen LogP contribution in [0.1, 0.15) is 116 Å². The van der Waals surface area contributed by atoms with Crippen molar-refractivity contribution in [3.8, 4) is 33.8 Å². The maximum absolute atomic E-state index is 13.4. The fourth-order valence-electron chi connectivity index (χ4n) is 10.9. The summed E-state index contributed by atoms with van der Waals surface area (Å²) >= 11 is 0. The fraction of sp³-hybridized carbons (Fsp3) is 0.348. The van der Waals surface area contributed by atoms with Crippen LogP contribution in [0.5, 0.6) is 11.5 Å². The lowest BCUT2D eigenvalue weighted by Gasteiger charge is -2.25. The van der Waals surface area contributed by atoms with E-state index in [1.807, 2.05) is 97.3 Å². The van der Waals surface area contributed by atoms with Crippen LogP contribution < -0.4 is 36.1 Å². The fourth-order valence-corrected chi connectivity index (χ4v) is 10.9. The van der Waals surface area contributed by atoms with Gasteiger partial charge in [0.25, 0.3) is 0 Å². The van der Waals surface area contributed by atoms with Crippen LogP contribution in [0.4, 0.5) is 38.0 Å². The van der Waals surface area contributed by atoms with E-state index in [1.54, 1.807) is 14.0 Å². The second-order valence-corrected chi connectivity index (χ2v) is 23.7. The molecule has 4 heterocycles. The van der Waals surface area contributed by atoms with E-state index in [1.165, 1.54) is 45.6 Å². The third kappa shape index (κ3) is 15.0. The number of carbonyl (C=O) groups is 3. The zero-order valence-electron chi connectivity index (χ0n) is 49.8. The molecule has 2 saturated heterocycles. The van der Waals surface area contributed by atoms with Crippen molar-refractivity contribution >= 4 is 68.0 Å². The summed E-state index contributed by atoms with van der Waals surface area (Å²) in [5.41, 5.74) is 11.3. The first kappa shape index (κ1) is 59.3. The number of nitrogens with one attached hydrogen (secondary N) is 5. The summed E-state index contributed by atoms with van der Waals surface area (Å²) < 4.78 is 11.2. The molecule has 432 valence electrons. The number of amides is 5. The quantitative estimate of drug-likeness (QED) is 0.0714. The molecule has 2 aliphatic heterocycles. The summed E-state index contributed by atoms with van der Waals surface area (Å²) in [5, 5.41) is 18.9. The predicted octanol–water partition coefficient (Wildman–Crippen LogP) is 16.0. The zero-order valence-corrected chi connectivity index (χ0v) is 49.8. The molecule has 0 saturated carbocycles. The van der Waals surface area contributed by atoms with Crippen LogP contribution in [0.25, 0.3) is 43.8 Å². The van der Waals surface area contributed by atoms with Crippen molar-refractivity contribution in [2.45, 2.75) is 117 Å². The first-order chi connectivity index (χ1) is 40.0. The molecule has 2 aromatic heterocycles. The van der Waals surface area contributed by atoms with Gasteiger partial charge in [-0.2, -0.15) is 0 Å². The molecule has 2 aliphatic rings. The maximum atomic E-state index is 13.4. The van der Waals surface area contributed by atoms with Crippen molar-refractivity contribution in [2.75, 3.05) is 67.0 Å². The van der Waals surface area contributed by atoms with Gasteiger partial charge in [0, 0.05) is 53.8 Å². The highest BCUT2D eigenvalue weighted by Crippen LogP contribution is 2.40. The van der Waals surface area contributed by atoms with Gasteiger partial charge in [-0.3, -0.25) is 24.6 Å². The number of carbonyl (C=O) groups excluding carboxylic acids is 3. The number of ether oxygens (including phenoxy) is 2. The number of rotatable bonds is 14. The Morgan fingerprint density at radius 2 is 0.904 bits per heavy atom. The topological polar surface area (TPSA) is 162 Å². The van der Waals surface area contributed by atoms with E-state index < -0.39 is 6.03 Å². The molecule has 5 amide bonds. The van der Waals surface area contributed by atoms with Crippen LogP contribution in [0.3, 0.4) is 0 Å². The summed E-state index contributed by atoms with van der Waals surface area (Å²) in [5.74, 6) is 0.879. The van der Waals surface area contributed by atoms with Crippen molar-refractivity contribution in [3.05, 3.63) is 162 Å². The molecule has 2 fully saturated rings. The smallest absolute Gasteiger partial charge is 0.323 e. The normalized spacial score (nSPS) is 14.0. The van der Waals surface area contributed by atoms with E-state index in [-0.39, 0.29) is 22.8 Å². The molecule has 6 aromatic carbocycles. The number of hydrogen-bond acceptors (Lipinski definition) is 9. The number of piperidine rings is 2. The lowest BCUT2D eigenvalue weighted by atomic mass is 9.86. The van der Waals surface area contributed by atoms with Gasteiger partial charge in [-0.05, 0) is 144 Å². The van der Waals surface area contributed by atoms with Crippen molar-refractivity contribution in [2.24, 2.45) is 0 Å². The van der Waals surface area contributed by atoms with Crippen molar-refractivity contribution in [3.63, 3.8) is 0 Å². The summed E-state index contributed by atoms with van der Waals surface area (Å²) in [7, 11) is 3.13. The number of methoxy groups -OCH3 is 2. The molecule has 0 unspecified atom stereocenters. The second kappa shape index (κ2) is 26.7. The Hall–Kier alpha value is -8.33. The van der Waals surface area contributed by atoms with E-state index >= 15 is 0 Å². The molecule has 83 heavy (non-hydrogen) atoms. The molecular formula is C69H81N9O5. The molecule has 8 aromatic rings. The Bertz CT molecular complexity index is 3560. The SMILES string of the molecule is CCC(=O)Nc1cc(C(C)(C)C)cc(NC(=O)Nc2ccc(-c3ccc(CN4CCCCC4)nc3)c3ccccc23)c1OC.COc1ccc(C(C)(C)C)cc1NC(=O)Nc1ccc(-c2ccc(CN3CCCCC3)nc2)c2ccccc12. The second-order valence-electron chi connectivity index (χ2n) is 23.7. The molecule has 0 atom stereocenters. The number of pyridine rings is 2. The molecule has 10 rings (SSSR count). The van der Waals surface area contributed by atoms with Crippen LogP contribution in [0.15, 0.2) is 140 Å². The summed E-state index contributed by atoms with van der Waals surface area (Å²) in [6.45, 7) is 20.8. The number of aromatic nitrogens is 2. The molecule has 0 bridgehead atoms. The Kier molecular flexibility index (Phi) is 19.1. The highest BCUT2D eigenvalue weighted by Gasteiger charge is 2.23. The minimum Gasteiger partial charge on any atom is -0.495 e. The number of benzene rings is 6. The third-order valence-electron chi connectivity index (χ3n) is 15.6. The van der Waals surface area contributed by atoms with E-state index in [0.717, 1.165) is 111 Å². The van der Waals surface area contributed by atoms with Crippen LogP contribution >= 0.6 is 0 Å².